The third kappa shape index (κ3) is 2.68. The van der Waals surface area contributed by atoms with Gasteiger partial charge >= 0.3 is 0 Å². The monoisotopic (exact) mass is 379 g/mol. The molecular weight excluding hydrogens is 359 g/mol. The molecule has 0 aromatic heterocycles. The molecule has 0 aliphatic heterocycles. The van der Waals surface area contributed by atoms with Gasteiger partial charge in [-0.2, -0.15) is 6.07 Å². The number of rotatable bonds is 3. The van der Waals surface area contributed by atoms with Crippen LogP contribution in [0.5, 0.6) is 0 Å². The molecule has 0 radical (unpaired) electrons. The van der Waals surface area contributed by atoms with Gasteiger partial charge in [0.1, 0.15) is 0 Å². The fraction of sp³-hybridized carbons (Fsp3) is 0.400. The van der Waals surface area contributed by atoms with Crippen molar-refractivity contribution in [1.29, 1.82) is 0 Å². The van der Waals surface area contributed by atoms with E-state index in [1.165, 1.54) is 46.7 Å². The van der Waals surface area contributed by atoms with Crippen LogP contribution in [0.3, 0.4) is 0 Å². The van der Waals surface area contributed by atoms with Crippen LogP contribution in [0.15, 0.2) is 24.3 Å². The van der Waals surface area contributed by atoms with Gasteiger partial charge in [-0.05, 0) is 13.3 Å². The number of benzene rings is 1. The number of hydrogen-bond acceptors (Lipinski definition) is 0. The van der Waals surface area contributed by atoms with Gasteiger partial charge < -0.3 is 0 Å². The number of aryl methyl sites for hydroxylation is 3. The van der Waals surface area contributed by atoms with E-state index in [0.717, 1.165) is 0 Å². The maximum atomic E-state index is 2.37. The molecule has 0 nitrogen and oxygen atoms in total. The molecule has 0 aliphatic carbocycles. The Labute approximate surface area is 117 Å². The Kier molecular flexibility index (Phi) is 5.04. The second kappa shape index (κ2) is 5.86. The Hall–Kier alpha value is -0.300. The summed E-state index contributed by atoms with van der Waals surface area (Å²) in [4.78, 5) is 0. The predicted molar refractivity (Wildman–Crippen MR) is 67.6 cm³/mol. The normalized spacial score (nSPS) is 10.4. The van der Waals surface area contributed by atoms with E-state index in [-0.39, 0.29) is 25.8 Å². The van der Waals surface area contributed by atoms with Crippen LogP contribution in [-0.2, 0) is 32.3 Å². The number of hydrogen-bond donors (Lipinski definition) is 0. The summed E-state index contributed by atoms with van der Waals surface area (Å²) in [5, 5.41) is 2.89. The SMILES string of the molecule is CCCCc1cc2c(C)ccc(C)c2[cH-]1.[Hf]. The van der Waals surface area contributed by atoms with Gasteiger partial charge in [-0.3, -0.25) is 0 Å². The molecule has 84 valence electrons. The van der Waals surface area contributed by atoms with Crippen molar-refractivity contribution in [2.24, 2.45) is 0 Å². The zero-order chi connectivity index (χ0) is 10.8. The van der Waals surface area contributed by atoms with E-state index in [4.69, 9.17) is 0 Å². The van der Waals surface area contributed by atoms with Crippen molar-refractivity contribution in [2.45, 2.75) is 40.0 Å². The molecule has 0 unspecified atom stereocenters. The Morgan fingerprint density at radius 2 is 1.81 bits per heavy atom. The van der Waals surface area contributed by atoms with Crippen LogP contribution in [-0.4, -0.2) is 0 Å². The van der Waals surface area contributed by atoms with E-state index < -0.39 is 0 Å². The van der Waals surface area contributed by atoms with Gasteiger partial charge in [0.15, 0.2) is 0 Å². The smallest absolute Gasteiger partial charge is 0 e. The molecule has 0 saturated carbocycles. The molecule has 2 aromatic carbocycles. The topological polar surface area (TPSA) is 0 Å². The van der Waals surface area contributed by atoms with Crippen molar-refractivity contribution < 1.29 is 25.8 Å². The van der Waals surface area contributed by atoms with Crippen molar-refractivity contribution in [2.75, 3.05) is 0 Å². The Morgan fingerprint density at radius 1 is 1.12 bits per heavy atom. The predicted octanol–water partition coefficient (Wildman–Crippen LogP) is 4.52. The molecule has 0 atom stereocenters. The van der Waals surface area contributed by atoms with Crippen LogP contribution in [0, 0.1) is 13.8 Å². The number of unbranched alkanes of at least 4 members (excludes halogenated alkanes) is 1. The molecule has 0 heterocycles. The van der Waals surface area contributed by atoms with E-state index in [0.29, 0.717) is 0 Å². The first-order valence-corrected chi connectivity index (χ1v) is 5.88. The summed E-state index contributed by atoms with van der Waals surface area (Å²) >= 11 is 0. The largest absolute Gasteiger partial charge is 0.165 e. The first-order chi connectivity index (χ1) is 7.22. The zero-order valence-corrected chi connectivity index (χ0v) is 14.0. The molecule has 0 fully saturated rings. The van der Waals surface area contributed by atoms with Crippen LogP contribution in [0.4, 0.5) is 0 Å². The quantitative estimate of drug-likeness (QED) is 0.545. The van der Waals surface area contributed by atoms with Gasteiger partial charge in [0.05, 0.1) is 0 Å². The average molecular weight is 378 g/mol. The van der Waals surface area contributed by atoms with Crippen LogP contribution < -0.4 is 0 Å². The first kappa shape index (κ1) is 13.8. The standard InChI is InChI=1S/C15H19.Hf/c1-4-5-6-13-9-14-11(2)7-8-12(3)15(14)10-13;/h7-10H,4-6H2,1-3H3;/q-1;. The molecule has 0 spiro atoms. The Bertz CT molecular complexity index is 426. The van der Waals surface area contributed by atoms with Crippen molar-refractivity contribution in [3.05, 3.63) is 41.0 Å². The fourth-order valence-corrected chi connectivity index (χ4v) is 2.18. The minimum absolute atomic E-state index is 0. The van der Waals surface area contributed by atoms with Gasteiger partial charge in [0.25, 0.3) is 0 Å². The van der Waals surface area contributed by atoms with E-state index in [2.05, 4.69) is 45.0 Å². The van der Waals surface area contributed by atoms with E-state index >= 15 is 0 Å². The summed E-state index contributed by atoms with van der Waals surface area (Å²) in [5.41, 5.74) is 4.31. The molecule has 16 heavy (non-hydrogen) atoms. The van der Waals surface area contributed by atoms with Crippen molar-refractivity contribution in [3.63, 3.8) is 0 Å². The third-order valence-corrected chi connectivity index (χ3v) is 3.20. The minimum atomic E-state index is 0. The van der Waals surface area contributed by atoms with Crippen LogP contribution >= 0.6 is 0 Å². The van der Waals surface area contributed by atoms with E-state index in [9.17, 15) is 0 Å². The van der Waals surface area contributed by atoms with Crippen molar-refractivity contribution >= 4 is 10.8 Å². The summed E-state index contributed by atoms with van der Waals surface area (Å²) in [7, 11) is 0. The molecule has 0 amide bonds. The van der Waals surface area contributed by atoms with Gasteiger partial charge in [0.2, 0.25) is 0 Å². The van der Waals surface area contributed by atoms with Crippen LogP contribution in [0.1, 0.15) is 36.5 Å². The Balaban J connectivity index is 0.00000128. The summed E-state index contributed by atoms with van der Waals surface area (Å²) < 4.78 is 0. The molecule has 2 aromatic rings. The van der Waals surface area contributed by atoms with Gasteiger partial charge in [-0.25, -0.2) is 0 Å². The summed E-state index contributed by atoms with van der Waals surface area (Å²) in [6.45, 7) is 6.65. The summed E-state index contributed by atoms with van der Waals surface area (Å²) in [6.07, 6.45) is 3.80. The average Bonchev–Trinajstić information content (AvgIpc) is 2.66. The second-order valence-corrected chi connectivity index (χ2v) is 4.49. The maximum Gasteiger partial charge on any atom is 0 e. The van der Waals surface area contributed by atoms with E-state index in [1.54, 1.807) is 0 Å². The second-order valence-electron chi connectivity index (χ2n) is 4.49. The van der Waals surface area contributed by atoms with Gasteiger partial charge in [-0.1, -0.05) is 38.3 Å². The van der Waals surface area contributed by atoms with Crippen molar-refractivity contribution in [3.8, 4) is 0 Å². The molecule has 1 heteroatoms. The van der Waals surface area contributed by atoms with Crippen molar-refractivity contribution in [1.82, 2.24) is 0 Å². The fourth-order valence-electron chi connectivity index (χ4n) is 2.18. The molecular formula is C15H19Hf-. The zero-order valence-electron chi connectivity index (χ0n) is 10.4. The molecule has 0 aliphatic rings. The van der Waals surface area contributed by atoms with Crippen LogP contribution in [0.25, 0.3) is 10.8 Å². The third-order valence-electron chi connectivity index (χ3n) is 3.20. The summed E-state index contributed by atoms with van der Waals surface area (Å²) in [6, 6.07) is 9.18. The van der Waals surface area contributed by atoms with Crippen LogP contribution in [0.2, 0.25) is 0 Å². The molecule has 0 N–H and O–H groups in total. The van der Waals surface area contributed by atoms with E-state index in [1.807, 2.05) is 0 Å². The molecule has 0 bridgehead atoms. The minimum Gasteiger partial charge on any atom is -0.165 e. The number of fused-ring (bicyclic) bond motifs is 1. The maximum absolute atomic E-state index is 2.37. The Morgan fingerprint density at radius 3 is 2.44 bits per heavy atom. The molecule has 0 saturated heterocycles. The van der Waals surface area contributed by atoms with Gasteiger partial charge in [-0.15, -0.1) is 34.0 Å². The first-order valence-electron chi connectivity index (χ1n) is 5.88. The summed E-state index contributed by atoms with van der Waals surface area (Å²) in [5.74, 6) is 0. The molecule has 2 rings (SSSR count). The van der Waals surface area contributed by atoms with Gasteiger partial charge in [0, 0.05) is 25.8 Å².